The third-order valence-corrected chi connectivity index (χ3v) is 4.32. The summed E-state index contributed by atoms with van der Waals surface area (Å²) in [6, 6.07) is 12.0. The lowest BCUT2D eigenvalue weighted by Gasteiger charge is -2.25. The van der Waals surface area contributed by atoms with Gasteiger partial charge in [0.05, 0.1) is 13.0 Å². The van der Waals surface area contributed by atoms with E-state index in [2.05, 4.69) is 4.98 Å². The van der Waals surface area contributed by atoms with Crippen molar-refractivity contribution in [1.82, 2.24) is 9.88 Å². The Balaban J connectivity index is 2.04. The molecule has 1 amide bonds. The SMILES string of the molecule is COC(=O)C(C)CN(Cc1ccncc1)C(=O)CCc1ccc(C)cc1. The van der Waals surface area contributed by atoms with E-state index in [1.54, 1.807) is 24.2 Å². The van der Waals surface area contributed by atoms with Crippen LogP contribution < -0.4 is 0 Å². The van der Waals surface area contributed by atoms with Gasteiger partial charge in [-0.15, -0.1) is 0 Å². The first kappa shape index (κ1) is 19.6. The third kappa shape index (κ3) is 5.99. The minimum absolute atomic E-state index is 0.0261. The number of nitrogens with zero attached hydrogens (tertiary/aromatic N) is 2. The maximum Gasteiger partial charge on any atom is 0.310 e. The molecule has 138 valence electrons. The monoisotopic (exact) mass is 354 g/mol. The van der Waals surface area contributed by atoms with Gasteiger partial charge in [-0.25, -0.2) is 0 Å². The van der Waals surface area contributed by atoms with Gasteiger partial charge >= 0.3 is 5.97 Å². The summed E-state index contributed by atoms with van der Waals surface area (Å²) in [6.45, 7) is 4.61. The molecule has 1 atom stereocenters. The summed E-state index contributed by atoms with van der Waals surface area (Å²) in [4.78, 5) is 30.3. The summed E-state index contributed by atoms with van der Waals surface area (Å²) >= 11 is 0. The van der Waals surface area contributed by atoms with Gasteiger partial charge in [-0.3, -0.25) is 14.6 Å². The van der Waals surface area contributed by atoms with Gasteiger partial charge < -0.3 is 9.64 Å². The molecule has 1 aromatic carbocycles. The summed E-state index contributed by atoms with van der Waals surface area (Å²) in [6.07, 6.45) is 4.49. The van der Waals surface area contributed by atoms with Crippen LogP contribution in [-0.2, 0) is 27.3 Å². The van der Waals surface area contributed by atoms with Crippen molar-refractivity contribution in [3.8, 4) is 0 Å². The molecular weight excluding hydrogens is 328 g/mol. The highest BCUT2D eigenvalue weighted by atomic mass is 16.5. The van der Waals surface area contributed by atoms with Crippen LogP contribution in [0.4, 0.5) is 0 Å². The van der Waals surface area contributed by atoms with E-state index < -0.39 is 0 Å². The smallest absolute Gasteiger partial charge is 0.310 e. The molecule has 0 saturated carbocycles. The van der Waals surface area contributed by atoms with Crippen molar-refractivity contribution in [3.63, 3.8) is 0 Å². The number of rotatable bonds is 8. The minimum Gasteiger partial charge on any atom is -0.469 e. The molecule has 5 heteroatoms. The first-order valence-corrected chi connectivity index (χ1v) is 8.79. The average molecular weight is 354 g/mol. The number of carbonyl (C=O) groups is 2. The fourth-order valence-corrected chi connectivity index (χ4v) is 2.73. The van der Waals surface area contributed by atoms with E-state index in [0.717, 1.165) is 11.1 Å². The van der Waals surface area contributed by atoms with Crippen LogP contribution in [0.5, 0.6) is 0 Å². The molecule has 0 radical (unpaired) electrons. The lowest BCUT2D eigenvalue weighted by molar-refractivity contribution is -0.146. The van der Waals surface area contributed by atoms with Gasteiger partial charge in [-0.05, 0) is 36.6 Å². The summed E-state index contributed by atoms with van der Waals surface area (Å²) < 4.78 is 4.80. The van der Waals surface area contributed by atoms with Gasteiger partial charge in [0.25, 0.3) is 0 Å². The summed E-state index contributed by atoms with van der Waals surface area (Å²) in [5.41, 5.74) is 3.32. The Hall–Kier alpha value is -2.69. The second kappa shape index (κ2) is 9.70. The molecule has 0 aliphatic carbocycles. The Kier molecular flexibility index (Phi) is 7.33. The van der Waals surface area contributed by atoms with Crippen LogP contribution in [0.25, 0.3) is 0 Å². The lowest BCUT2D eigenvalue weighted by Crippen LogP contribution is -2.37. The zero-order valence-corrected chi connectivity index (χ0v) is 15.6. The number of carbonyl (C=O) groups excluding carboxylic acids is 2. The first-order chi connectivity index (χ1) is 12.5. The number of ether oxygens (including phenoxy) is 1. The quantitative estimate of drug-likeness (QED) is 0.683. The fraction of sp³-hybridized carbons (Fsp3) is 0.381. The summed E-state index contributed by atoms with van der Waals surface area (Å²) in [5, 5.41) is 0. The highest BCUT2D eigenvalue weighted by Crippen LogP contribution is 2.12. The molecule has 26 heavy (non-hydrogen) atoms. The van der Waals surface area contributed by atoms with E-state index in [-0.39, 0.29) is 17.8 Å². The summed E-state index contributed by atoms with van der Waals surface area (Å²) in [5.74, 6) is -0.653. The van der Waals surface area contributed by atoms with Crippen molar-refractivity contribution in [3.05, 3.63) is 65.5 Å². The molecular formula is C21H26N2O3. The molecule has 0 saturated heterocycles. The summed E-state index contributed by atoms with van der Waals surface area (Å²) in [7, 11) is 1.37. The number of hydrogen-bond donors (Lipinski definition) is 0. The van der Waals surface area contributed by atoms with Crippen molar-refractivity contribution in [2.75, 3.05) is 13.7 Å². The van der Waals surface area contributed by atoms with Crippen LogP contribution in [-0.4, -0.2) is 35.4 Å². The number of methoxy groups -OCH3 is 1. The molecule has 0 aliphatic rings. The second-order valence-corrected chi connectivity index (χ2v) is 6.54. The zero-order valence-electron chi connectivity index (χ0n) is 15.6. The number of aryl methyl sites for hydroxylation is 2. The Morgan fingerprint density at radius 1 is 1.08 bits per heavy atom. The molecule has 0 spiro atoms. The van der Waals surface area contributed by atoms with Gasteiger partial charge in [0.15, 0.2) is 0 Å². The van der Waals surface area contributed by atoms with Crippen LogP contribution in [0.2, 0.25) is 0 Å². The molecule has 0 bridgehead atoms. The maximum absolute atomic E-state index is 12.8. The zero-order chi connectivity index (χ0) is 18.9. The molecule has 0 aliphatic heterocycles. The average Bonchev–Trinajstić information content (AvgIpc) is 2.66. The van der Waals surface area contributed by atoms with Gasteiger partial charge in [0, 0.05) is 31.9 Å². The first-order valence-electron chi connectivity index (χ1n) is 8.79. The number of pyridine rings is 1. The predicted octanol–water partition coefficient (Wildman–Crippen LogP) is 3.16. The molecule has 2 rings (SSSR count). The van der Waals surface area contributed by atoms with Crippen LogP contribution in [0, 0.1) is 12.8 Å². The van der Waals surface area contributed by atoms with Gasteiger partial charge in [-0.2, -0.15) is 0 Å². The van der Waals surface area contributed by atoms with Crippen molar-refractivity contribution >= 4 is 11.9 Å². The highest BCUT2D eigenvalue weighted by molar-refractivity contribution is 5.78. The third-order valence-electron chi connectivity index (χ3n) is 4.32. The Bertz CT molecular complexity index is 714. The molecule has 5 nitrogen and oxygen atoms in total. The van der Waals surface area contributed by atoms with E-state index in [1.165, 1.54) is 12.7 Å². The Morgan fingerprint density at radius 3 is 2.35 bits per heavy atom. The Morgan fingerprint density at radius 2 is 1.73 bits per heavy atom. The molecule has 2 aromatic rings. The number of hydrogen-bond acceptors (Lipinski definition) is 4. The van der Waals surface area contributed by atoms with Crippen LogP contribution in [0.3, 0.4) is 0 Å². The molecule has 1 heterocycles. The molecule has 0 fully saturated rings. The predicted molar refractivity (Wildman–Crippen MR) is 100 cm³/mol. The molecule has 1 unspecified atom stereocenters. The number of amides is 1. The van der Waals surface area contributed by atoms with Crippen LogP contribution in [0.15, 0.2) is 48.8 Å². The van der Waals surface area contributed by atoms with Crippen molar-refractivity contribution in [1.29, 1.82) is 0 Å². The van der Waals surface area contributed by atoms with Gasteiger partial charge in [0.1, 0.15) is 0 Å². The number of benzene rings is 1. The largest absolute Gasteiger partial charge is 0.469 e. The Labute approximate surface area is 155 Å². The molecule has 1 aromatic heterocycles. The highest BCUT2D eigenvalue weighted by Gasteiger charge is 2.21. The van der Waals surface area contributed by atoms with Crippen LogP contribution in [0.1, 0.15) is 30.0 Å². The fourth-order valence-electron chi connectivity index (χ4n) is 2.73. The molecule has 0 N–H and O–H groups in total. The van der Waals surface area contributed by atoms with E-state index in [1.807, 2.05) is 43.3 Å². The maximum atomic E-state index is 12.8. The van der Waals surface area contributed by atoms with Crippen LogP contribution >= 0.6 is 0 Å². The van der Waals surface area contributed by atoms with Gasteiger partial charge in [-0.1, -0.05) is 36.8 Å². The van der Waals surface area contributed by atoms with Crippen molar-refractivity contribution in [2.24, 2.45) is 5.92 Å². The lowest BCUT2D eigenvalue weighted by atomic mass is 10.1. The minimum atomic E-state index is -0.370. The standard InChI is InChI=1S/C21H26N2O3/c1-16-4-6-18(7-5-16)8-9-20(24)23(14-17(2)21(25)26-3)15-19-10-12-22-13-11-19/h4-7,10-13,17H,8-9,14-15H2,1-3H3. The topological polar surface area (TPSA) is 59.5 Å². The van der Waals surface area contributed by atoms with Crippen molar-refractivity contribution < 1.29 is 14.3 Å². The number of aromatic nitrogens is 1. The van der Waals surface area contributed by atoms with E-state index in [0.29, 0.717) is 25.9 Å². The van der Waals surface area contributed by atoms with E-state index in [9.17, 15) is 9.59 Å². The second-order valence-electron chi connectivity index (χ2n) is 6.54. The normalized spacial score (nSPS) is 11.7. The number of esters is 1. The van der Waals surface area contributed by atoms with E-state index in [4.69, 9.17) is 4.74 Å². The van der Waals surface area contributed by atoms with Crippen molar-refractivity contribution in [2.45, 2.75) is 33.2 Å². The van der Waals surface area contributed by atoms with Gasteiger partial charge in [0.2, 0.25) is 5.91 Å². The van der Waals surface area contributed by atoms with E-state index >= 15 is 0 Å².